The molecule has 1 amide bonds. The molecule has 0 heterocycles. The normalized spacial score (nSPS) is 11.2. The first-order chi connectivity index (χ1) is 16.8. The van der Waals surface area contributed by atoms with Gasteiger partial charge >= 0.3 is 0 Å². The topological polar surface area (TPSA) is 75.7 Å². The predicted molar refractivity (Wildman–Crippen MR) is 146 cm³/mol. The van der Waals surface area contributed by atoms with Gasteiger partial charge in [-0.1, -0.05) is 27.5 Å². The maximum atomic E-state index is 13.4. The van der Waals surface area contributed by atoms with Crippen molar-refractivity contribution < 1.29 is 17.9 Å². The molecule has 35 heavy (non-hydrogen) atoms. The van der Waals surface area contributed by atoms with Crippen molar-refractivity contribution in [1.82, 2.24) is 5.32 Å². The van der Waals surface area contributed by atoms with Crippen molar-refractivity contribution in [2.45, 2.75) is 23.1 Å². The smallest absolute Gasteiger partial charge is 0.264 e. The standard InChI is InChI=1S/C25H26BrClN2O4S2/c1-2-33-22-10-8-21(9-11-22)29(35(31,32)24-14-4-19(26)5-15-24)18-25(30)28-16-3-17-34-23-12-6-20(27)7-13-23/h4-15H,2-3,16-18H2,1H3,(H,28,30). The number of thioether (sulfide) groups is 1. The number of rotatable bonds is 12. The van der Waals surface area contributed by atoms with Crippen LogP contribution in [0.15, 0.2) is 87.1 Å². The van der Waals surface area contributed by atoms with Crippen LogP contribution in [0.3, 0.4) is 0 Å². The molecule has 0 aliphatic rings. The Labute approximate surface area is 224 Å². The number of hydrogen-bond donors (Lipinski definition) is 1. The number of nitrogens with one attached hydrogen (secondary N) is 1. The summed E-state index contributed by atoms with van der Waals surface area (Å²) in [5, 5.41) is 3.52. The third kappa shape index (κ3) is 8.17. The summed E-state index contributed by atoms with van der Waals surface area (Å²) in [7, 11) is -3.97. The van der Waals surface area contributed by atoms with E-state index >= 15 is 0 Å². The van der Waals surface area contributed by atoms with E-state index in [1.165, 1.54) is 12.1 Å². The van der Waals surface area contributed by atoms with E-state index in [9.17, 15) is 13.2 Å². The van der Waals surface area contributed by atoms with Gasteiger partial charge in [0, 0.05) is 20.9 Å². The first-order valence-corrected chi connectivity index (χ1v) is 14.6. The minimum atomic E-state index is -3.97. The molecule has 0 saturated heterocycles. The number of carbonyl (C=O) groups is 1. The van der Waals surface area contributed by atoms with Crippen LogP contribution >= 0.6 is 39.3 Å². The van der Waals surface area contributed by atoms with Gasteiger partial charge in [-0.25, -0.2) is 8.42 Å². The molecule has 0 aromatic heterocycles. The quantitative estimate of drug-likeness (QED) is 0.205. The van der Waals surface area contributed by atoms with Gasteiger partial charge in [0.1, 0.15) is 12.3 Å². The second kappa shape index (κ2) is 13.2. The summed E-state index contributed by atoms with van der Waals surface area (Å²) in [4.78, 5) is 13.9. The number of amides is 1. The zero-order valence-electron chi connectivity index (χ0n) is 19.1. The van der Waals surface area contributed by atoms with Crippen LogP contribution in [0.25, 0.3) is 0 Å². The van der Waals surface area contributed by atoms with Crippen LogP contribution in [0.5, 0.6) is 5.75 Å². The maximum absolute atomic E-state index is 13.4. The minimum absolute atomic E-state index is 0.0988. The third-order valence-corrected chi connectivity index (χ3v) is 8.52. The summed E-state index contributed by atoms with van der Waals surface area (Å²) in [6.07, 6.45) is 0.738. The molecule has 0 fully saturated rings. The lowest BCUT2D eigenvalue weighted by atomic mass is 10.3. The van der Waals surface area contributed by atoms with E-state index in [0.29, 0.717) is 29.6 Å². The number of anilines is 1. The Morgan fingerprint density at radius 1 is 1.03 bits per heavy atom. The average molecular weight is 598 g/mol. The van der Waals surface area contributed by atoms with Crippen molar-refractivity contribution in [3.63, 3.8) is 0 Å². The SMILES string of the molecule is CCOc1ccc(N(CC(=O)NCCCSc2ccc(Cl)cc2)S(=O)(=O)c2ccc(Br)cc2)cc1. The van der Waals surface area contributed by atoms with E-state index in [0.717, 1.165) is 25.8 Å². The minimum Gasteiger partial charge on any atom is -0.494 e. The molecule has 3 aromatic carbocycles. The molecule has 0 aliphatic carbocycles. The second-order valence-electron chi connectivity index (χ2n) is 7.40. The van der Waals surface area contributed by atoms with Gasteiger partial charge < -0.3 is 10.1 Å². The highest BCUT2D eigenvalue weighted by Gasteiger charge is 2.27. The molecule has 6 nitrogen and oxygen atoms in total. The van der Waals surface area contributed by atoms with E-state index < -0.39 is 10.0 Å². The monoisotopic (exact) mass is 596 g/mol. The molecule has 0 atom stereocenters. The summed E-state index contributed by atoms with van der Waals surface area (Å²) in [5.41, 5.74) is 0.379. The first-order valence-electron chi connectivity index (χ1n) is 11.0. The van der Waals surface area contributed by atoms with Crippen molar-refractivity contribution in [1.29, 1.82) is 0 Å². The van der Waals surface area contributed by atoms with Crippen molar-refractivity contribution in [3.05, 3.63) is 82.3 Å². The third-order valence-electron chi connectivity index (χ3n) is 4.85. The number of halogens is 2. The lowest BCUT2D eigenvalue weighted by molar-refractivity contribution is -0.119. The Kier molecular flexibility index (Phi) is 10.3. The van der Waals surface area contributed by atoms with Crippen LogP contribution in [0, 0.1) is 0 Å². The number of benzene rings is 3. The number of hydrogen-bond acceptors (Lipinski definition) is 5. The number of nitrogens with zero attached hydrogens (tertiary/aromatic N) is 1. The van der Waals surface area contributed by atoms with Gasteiger partial charge in [0.05, 0.1) is 17.2 Å². The molecule has 0 saturated carbocycles. The first kappa shape index (κ1) is 27.4. The Balaban J connectivity index is 1.66. The molecule has 0 unspecified atom stereocenters. The summed E-state index contributed by atoms with van der Waals surface area (Å²) < 4.78 is 34.2. The summed E-state index contributed by atoms with van der Waals surface area (Å²) >= 11 is 10.9. The van der Waals surface area contributed by atoms with Crippen molar-refractivity contribution in [2.24, 2.45) is 0 Å². The second-order valence-corrected chi connectivity index (χ2v) is 11.8. The van der Waals surface area contributed by atoms with Crippen molar-refractivity contribution >= 4 is 60.9 Å². The van der Waals surface area contributed by atoms with Gasteiger partial charge in [0.2, 0.25) is 5.91 Å². The Bertz CT molecular complexity index is 1210. The zero-order chi connectivity index (χ0) is 25.3. The Hall–Kier alpha value is -2.20. The van der Waals surface area contributed by atoms with Crippen LogP contribution in [0.1, 0.15) is 13.3 Å². The lowest BCUT2D eigenvalue weighted by Gasteiger charge is -2.24. The van der Waals surface area contributed by atoms with Crippen LogP contribution in [-0.2, 0) is 14.8 Å². The predicted octanol–water partition coefficient (Wildman–Crippen LogP) is 6.00. The lowest BCUT2D eigenvalue weighted by Crippen LogP contribution is -2.41. The van der Waals surface area contributed by atoms with E-state index in [1.807, 2.05) is 31.2 Å². The van der Waals surface area contributed by atoms with Crippen LogP contribution in [0.4, 0.5) is 5.69 Å². The van der Waals surface area contributed by atoms with Gasteiger partial charge in [0.15, 0.2) is 0 Å². The summed E-state index contributed by atoms with van der Waals surface area (Å²) in [6, 6.07) is 20.6. The summed E-state index contributed by atoms with van der Waals surface area (Å²) in [6.45, 7) is 2.47. The fourth-order valence-electron chi connectivity index (χ4n) is 3.13. The fraction of sp³-hybridized carbons (Fsp3) is 0.240. The fourth-order valence-corrected chi connectivity index (χ4v) is 5.80. The maximum Gasteiger partial charge on any atom is 0.264 e. The molecule has 186 valence electrons. The molecular formula is C25H26BrClN2O4S2. The highest BCUT2D eigenvalue weighted by Crippen LogP contribution is 2.27. The van der Waals surface area contributed by atoms with E-state index in [2.05, 4.69) is 21.2 Å². The number of sulfonamides is 1. The summed E-state index contributed by atoms with van der Waals surface area (Å²) in [5.74, 6) is 1.05. The molecule has 0 bridgehead atoms. The number of ether oxygens (including phenoxy) is 1. The van der Waals surface area contributed by atoms with Gasteiger partial charge in [-0.2, -0.15) is 0 Å². The zero-order valence-corrected chi connectivity index (χ0v) is 23.1. The molecule has 1 N–H and O–H groups in total. The number of carbonyl (C=O) groups excluding carboxylic acids is 1. The van der Waals surface area contributed by atoms with Crippen molar-refractivity contribution in [3.8, 4) is 5.75 Å². The van der Waals surface area contributed by atoms with E-state index in [-0.39, 0.29) is 17.3 Å². The Morgan fingerprint density at radius 2 is 1.69 bits per heavy atom. The molecule has 0 radical (unpaired) electrons. The van der Waals surface area contributed by atoms with Crippen LogP contribution in [0.2, 0.25) is 5.02 Å². The van der Waals surface area contributed by atoms with E-state index in [1.54, 1.807) is 48.2 Å². The molecule has 10 heteroatoms. The van der Waals surface area contributed by atoms with Gasteiger partial charge in [-0.15, -0.1) is 11.8 Å². The Morgan fingerprint density at radius 3 is 2.31 bits per heavy atom. The molecule has 0 spiro atoms. The van der Waals surface area contributed by atoms with Crippen LogP contribution < -0.4 is 14.4 Å². The van der Waals surface area contributed by atoms with Gasteiger partial charge in [-0.05, 0) is 91.9 Å². The van der Waals surface area contributed by atoms with Gasteiger partial charge in [-0.3, -0.25) is 9.10 Å². The highest BCUT2D eigenvalue weighted by molar-refractivity contribution is 9.10. The highest BCUT2D eigenvalue weighted by atomic mass is 79.9. The molecule has 0 aliphatic heterocycles. The molecule has 3 rings (SSSR count). The average Bonchev–Trinajstić information content (AvgIpc) is 2.84. The van der Waals surface area contributed by atoms with E-state index in [4.69, 9.17) is 16.3 Å². The molecular weight excluding hydrogens is 572 g/mol. The van der Waals surface area contributed by atoms with Crippen molar-refractivity contribution in [2.75, 3.05) is 29.8 Å². The van der Waals surface area contributed by atoms with Gasteiger partial charge in [0.25, 0.3) is 10.0 Å². The van der Waals surface area contributed by atoms with Crippen LogP contribution in [-0.4, -0.2) is 39.8 Å². The molecule has 3 aromatic rings. The largest absolute Gasteiger partial charge is 0.494 e.